The normalized spacial score (nSPS) is 15.6. The molecule has 1 aliphatic rings. The molecule has 3 rings (SSSR count). The van der Waals surface area contributed by atoms with Crippen LogP contribution in [0.1, 0.15) is 42.4 Å². The van der Waals surface area contributed by atoms with Crippen LogP contribution in [0, 0.1) is 0 Å². The van der Waals surface area contributed by atoms with Crippen LogP contribution in [0.4, 0.5) is 5.69 Å². The fourth-order valence-electron chi connectivity index (χ4n) is 3.76. The van der Waals surface area contributed by atoms with Crippen molar-refractivity contribution in [1.82, 2.24) is 0 Å². The second-order valence-electron chi connectivity index (χ2n) is 7.20. The molecule has 0 amide bonds. The van der Waals surface area contributed by atoms with Gasteiger partial charge in [0.15, 0.2) is 0 Å². The molecule has 4 nitrogen and oxygen atoms in total. The number of hydrogen-bond donors (Lipinski definition) is 0. The summed E-state index contributed by atoms with van der Waals surface area (Å²) in [6.45, 7) is 0.619. The number of hydrogen-bond acceptors (Lipinski definition) is 4. The Hall–Kier alpha value is -2.49. The highest BCUT2D eigenvalue weighted by Crippen LogP contribution is 2.30. The molecule has 2 aromatic rings. The number of aliphatic imine (C=N–C) groups is 1. The third kappa shape index (κ3) is 4.44. The lowest BCUT2D eigenvalue weighted by molar-refractivity contribution is 0.391. The quantitative estimate of drug-likeness (QED) is 0.757. The summed E-state index contributed by atoms with van der Waals surface area (Å²) in [7, 11) is 7.60. The maximum absolute atomic E-state index is 5.54. The average Bonchev–Trinajstić information content (AvgIpc) is 2.67. The molecule has 0 heterocycles. The summed E-state index contributed by atoms with van der Waals surface area (Å²) in [4.78, 5) is 7.25. The van der Waals surface area contributed by atoms with Gasteiger partial charge in [0.1, 0.15) is 11.5 Å². The number of rotatable bonds is 5. The van der Waals surface area contributed by atoms with E-state index in [1.807, 2.05) is 18.2 Å². The van der Waals surface area contributed by atoms with Crippen LogP contribution in [-0.4, -0.2) is 34.0 Å². The van der Waals surface area contributed by atoms with Gasteiger partial charge in [0.05, 0.1) is 20.8 Å². The van der Waals surface area contributed by atoms with Crippen LogP contribution in [0.3, 0.4) is 0 Å². The number of fused-ring (bicyclic) bond motifs is 1. The predicted octanol–water partition coefficient (Wildman–Crippen LogP) is 4.88. The van der Waals surface area contributed by atoms with E-state index in [1.54, 1.807) is 14.2 Å². The van der Waals surface area contributed by atoms with E-state index in [-0.39, 0.29) is 0 Å². The van der Waals surface area contributed by atoms with Crippen LogP contribution in [0.25, 0.3) is 0 Å². The first kappa shape index (κ1) is 19.3. The number of benzene rings is 2. The monoisotopic (exact) mass is 366 g/mol. The summed E-state index contributed by atoms with van der Waals surface area (Å²) in [6.07, 6.45) is 5.85. The Morgan fingerprint density at radius 2 is 1.78 bits per heavy atom. The maximum atomic E-state index is 5.54. The van der Waals surface area contributed by atoms with Crippen molar-refractivity contribution in [2.24, 2.45) is 4.99 Å². The van der Waals surface area contributed by atoms with Crippen LogP contribution in [0.2, 0.25) is 0 Å². The van der Waals surface area contributed by atoms with Crippen molar-refractivity contribution in [2.75, 3.05) is 33.2 Å². The Labute approximate surface area is 162 Å². The SMILES string of the molecule is COc1ccc(CN=C2CCCCCc3c2cccc3N(C)C)c(OC)c1. The van der Waals surface area contributed by atoms with Gasteiger partial charge in [-0.25, -0.2) is 0 Å². The molecule has 0 aliphatic heterocycles. The second kappa shape index (κ2) is 8.94. The van der Waals surface area contributed by atoms with Gasteiger partial charge in [-0.05, 0) is 49.4 Å². The van der Waals surface area contributed by atoms with Gasteiger partial charge in [-0.1, -0.05) is 18.6 Å². The van der Waals surface area contributed by atoms with Crippen molar-refractivity contribution in [3.63, 3.8) is 0 Å². The van der Waals surface area contributed by atoms with Crippen LogP contribution in [0.5, 0.6) is 11.5 Å². The van der Waals surface area contributed by atoms with Crippen molar-refractivity contribution >= 4 is 11.4 Å². The fourth-order valence-corrected chi connectivity index (χ4v) is 3.76. The molecule has 144 valence electrons. The lowest BCUT2D eigenvalue weighted by Gasteiger charge is -2.23. The zero-order valence-electron chi connectivity index (χ0n) is 16.9. The molecule has 0 N–H and O–H groups in total. The van der Waals surface area contributed by atoms with Crippen LogP contribution < -0.4 is 14.4 Å². The fraction of sp³-hybridized carbons (Fsp3) is 0.435. The summed E-state index contributed by atoms with van der Waals surface area (Å²) < 4.78 is 10.8. The van der Waals surface area contributed by atoms with E-state index in [4.69, 9.17) is 14.5 Å². The summed E-state index contributed by atoms with van der Waals surface area (Å²) in [5.41, 5.74) is 6.35. The average molecular weight is 367 g/mol. The Kier molecular flexibility index (Phi) is 6.38. The highest BCUT2D eigenvalue weighted by molar-refractivity contribution is 6.03. The van der Waals surface area contributed by atoms with Gasteiger partial charge in [0.25, 0.3) is 0 Å². The molecule has 0 unspecified atom stereocenters. The molecule has 0 aromatic heterocycles. The standard InChI is InChI=1S/C23H30N2O2/c1-25(2)22-12-8-10-19-20(22)9-6-5-7-11-21(19)24-16-17-13-14-18(26-3)15-23(17)27-4/h8,10,12-15H,5-7,9,11,16H2,1-4H3. The minimum Gasteiger partial charge on any atom is -0.497 e. The number of nitrogens with zero attached hydrogens (tertiary/aromatic N) is 2. The largest absolute Gasteiger partial charge is 0.497 e. The molecule has 2 aromatic carbocycles. The van der Waals surface area contributed by atoms with Gasteiger partial charge in [0, 0.05) is 42.7 Å². The van der Waals surface area contributed by atoms with Gasteiger partial charge in [-0.15, -0.1) is 0 Å². The Bertz CT molecular complexity index is 812. The summed E-state index contributed by atoms with van der Waals surface area (Å²) in [5.74, 6) is 1.63. The van der Waals surface area contributed by atoms with E-state index in [1.165, 1.54) is 41.8 Å². The number of anilines is 1. The molecule has 0 bridgehead atoms. The molecular formula is C23H30N2O2. The minimum atomic E-state index is 0.619. The van der Waals surface area contributed by atoms with E-state index >= 15 is 0 Å². The highest BCUT2D eigenvalue weighted by Gasteiger charge is 2.17. The molecule has 4 heteroatoms. The second-order valence-corrected chi connectivity index (χ2v) is 7.20. The maximum Gasteiger partial charge on any atom is 0.127 e. The van der Waals surface area contributed by atoms with Crippen LogP contribution in [-0.2, 0) is 13.0 Å². The van der Waals surface area contributed by atoms with Crippen molar-refractivity contribution < 1.29 is 9.47 Å². The topological polar surface area (TPSA) is 34.1 Å². The van der Waals surface area contributed by atoms with Gasteiger partial charge in [0.2, 0.25) is 0 Å². The van der Waals surface area contributed by atoms with Crippen molar-refractivity contribution in [3.05, 3.63) is 53.1 Å². The number of methoxy groups -OCH3 is 2. The Morgan fingerprint density at radius 1 is 0.963 bits per heavy atom. The molecule has 0 saturated carbocycles. The van der Waals surface area contributed by atoms with Gasteiger partial charge < -0.3 is 14.4 Å². The molecule has 1 aliphatic carbocycles. The third-order valence-electron chi connectivity index (χ3n) is 5.22. The van der Waals surface area contributed by atoms with E-state index in [0.717, 1.165) is 29.9 Å². The van der Waals surface area contributed by atoms with Gasteiger partial charge in [-0.3, -0.25) is 4.99 Å². The van der Waals surface area contributed by atoms with Crippen molar-refractivity contribution in [3.8, 4) is 11.5 Å². The zero-order chi connectivity index (χ0) is 19.2. The number of ether oxygens (including phenoxy) is 2. The van der Waals surface area contributed by atoms with E-state index in [9.17, 15) is 0 Å². The van der Waals surface area contributed by atoms with Crippen molar-refractivity contribution in [1.29, 1.82) is 0 Å². The van der Waals surface area contributed by atoms with Gasteiger partial charge in [-0.2, -0.15) is 0 Å². The molecule has 0 fully saturated rings. The first-order chi connectivity index (χ1) is 13.1. The predicted molar refractivity (Wildman–Crippen MR) is 113 cm³/mol. The van der Waals surface area contributed by atoms with Gasteiger partial charge >= 0.3 is 0 Å². The zero-order valence-corrected chi connectivity index (χ0v) is 16.9. The van der Waals surface area contributed by atoms with Crippen LogP contribution >= 0.6 is 0 Å². The molecule has 0 saturated heterocycles. The van der Waals surface area contributed by atoms with Crippen LogP contribution in [0.15, 0.2) is 41.4 Å². The van der Waals surface area contributed by atoms with E-state index < -0.39 is 0 Å². The third-order valence-corrected chi connectivity index (χ3v) is 5.22. The Morgan fingerprint density at radius 3 is 2.52 bits per heavy atom. The first-order valence-electron chi connectivity index (χ1n) is 9.68. The summed E-state index contributed by atoms with van der Waals surface area (Å²) in [6, 6.07) is 12.5. The lowest BCUT2D eigenvalue weighted by Crippen LogP contribution is -2.16. The van der Waals surface area contributed by atoms with E-state index in [0.29, 0.717) is 6.54 Å². The highest BCUT2D eigenvalue weighted by atomic mass is 16.5. The van der Waals surface area contributed by atoms with E-state index in [2.05, 4.69) is 37.2 Å². The molecular weight excluding hydrogens is 336 g/mol. The molecule has 0 spiro atoms. The Balaban J connectivity index is 1.96. The first-order valence-corrected chi connectivity index (χ1v) is 9.68. The molecule has 0 radical (unpaired) electrons. The lowest BCUT2D eigenvalue weighted by atomic mass is 9.90. The van der Waals surface area contributed by atoms with Crippen molar-refractivity contribution in [2.45, 2.75) is 38.6 Å². The molecule has 0 atom stereocenters. The minimum absolute atomic E-state index is 0.619. The summed E-state index contributed by atoms with van der Waals surface area (Å²) >= 11 is 0. The smallest absolute Gasteiger partial charge is 0.127 e. The summed E-state index contributed by atoms with van der Waals surface area (Å²) in [5, 5.41) is 0. The molecule has 27 heavy (non-hydrogen) atoms.